The van der Waals surface area contributed by atoms with Crippen molar-refractivity contribution in [1.82, 2.24) is 0 Å². The number of hydrogen-bond donors (Lipinski definition) is 1. The average molecular weight is 287 g/mol. The van der Waals surface area contributed by atoms with Crippen molar-refractivity contribution in [3.8, 4) is 0 Å². The maximum absolute atomic E-state index is 11.0. The van der Waals surface area contributed by atoms with Gasteiger partial charge in [-0.05, 0) is 48.7 Å². The van der Waals surface area contributed by atoms with Gasteiger partial charge in [0.05, 0.1) is 12.1 Å². The van der Waals surface area contributed by atoms with E-state index >= 15 is 0 Å². The molecule has 0 saturated carbocycles. The summed E-state index contributed by atoms with van der Waals surface area (Å²) in [7, 11) is 0. The first-order valence-electron chi connectivity index (χ1n) is 6.86. The van der Waals surface area contributed by atoms with Crippen LogP contribution in [0.5, 0.6) is 0 Å². The zero-order valence-electron chi connectivity index (χ0n) is 11.4. The molecule has 4 heteroatoms. The Kier molecular flexibility index (Phi) is 3.49. The number of aryl methyl sites for hydroxylation is 1. The van der Waals surface area contributed by atoms with E-state index in [4.69, 9.17) is 5.11 Å². The van der Waals surface area contributed by atoms with E-state index in [9.17, 15) is 4.79 Å². The normalized spacial score (nSPS) is 13.6. The fraction of sp³-hybridized carbons (Fsp3) is 0.312. The Hall–Kier alpha value is -1.81. The van der Waals surface area contributed by atoms with E-state index < -0.39 is 5.97 Å². The minimum Gasteiger partial charge on any atom is -0.478 e. The number of nitrogens with zero attached hydrogens (tertiary/aromatic N) is 1. The number of anilines is 1. The zero-order valence-corrected chi connectivity index (χ0v) is 12.2. The zero-order chi connectivity index (χ0) is 14.1. The Bertz CT molecular complexity index is 648. The SMILES string of the molecule is CCc1ccc(CN2CCc3cc(C(=O)O)ccc32)s1. The van der Waals surface area contributed by atoms with E-state index in [0.717, 1.165) is 31.5 Å². The van der Waals surface area contributed by atoms with Crippen LogP contribution in [0.1, 0.15) is 32.6 Å². The number of rotatable bonds is 4. The highest BCUT2D eigenvalue weighted by molar-refractivity contribution is 7.12. The van der Waals surface area contributed by atoms with Crippen molar-refractivity contribution in [3.05, 3.63) is 51.2 Å². The van der Waals surface area contributed by atoms with Gasteiger partial charge in [0.25, 0.3) is 0 Å². The lowest BCUT2D eigenvalue weighted by atomic mass is 10.1. The van der Waals surface area contributed by atoms with E-state index in [1.54, 1.807) is 6.07 Å². The van der Waals surface area contributed by atoms with Crippen LogP contribution in [0.15, 0.2) is 30.3 Å². The number of fused-ring (bicyclic) bond motifs is 1. The van der Waals surface area contributed by atoms with Crippen LogP contribution in [0.4, 0.5) is 5.69 Å². The predicted molar refractivity (Wildman–Crippen MR) is 81.9 cm³/mol. The lowest BCUT2D eigenvalue weighted by Gasteiger charge is -2.18. The van der Waals surface area contributed by atoms with E-state index in [0.29, 0.717) is 5.56 Å². The molecule has 0 amide bonds. The number of carboxylic acids is 1. The molecule has 1 aromatic carbocycles. The molecule has 3 rings (SSSR count). The summed E-state index contributed by atoms with van der Waals surface area (Å²) in [5, 5.41) is 9.04. The summed E-state index contributed by atoms with van der Waals surface area (Å²) >= 11 is 1.87. The molecular weight excluding hydrogens is 270 g/mol. The van der Waals surface area contributed by atoms with Gasteiger partial charge >= 0.3 is 5.97 Å². The van der Waals surface area contributed by atoms with Gasteiger partial charge in [0.2, 0.25) is 0 Å². The standard InChI is InChI=1S/C16H17NO2S/c1-2-13-4-5-14(20-13)10-17-8-7-11-9-12(16(18)19)3-6-15(11)17/h3-6,9H,2,7-8,10H2,1H3,(H,18,19). The van der Waals surface area contributed by atoms with Crippen molar-refractivity contribution in [2.45, 2.75) is 26.3 Å². The van der Waals surface area contributed by atoms with Gasteiger partial charge in [-0.3, -0.25) is 0 Å². The van der Waals surface area contributed by atoms with Crippen LogP contribution in [0.2, 0.25) is 0 Å². The van der Waals surface area contributed by atoms with Crippen molar-refractivity contribution < 1.29 is 9.90 Å². The van der Waals surface area contributed by atoms with Gasteiger partial charge in [0.1, 0.15) is 0 Å². The van der Waals surface area contributed by atoms with Gasteiger partial charge in [0.15, 0.2) is 0 Å². The average Bonchev–Trinajstić information content (AvgIpc) is 3.06. The minimum atomic E-state index is -0.850. The molecule has 0 aliphatic carbocycles. The molecule has 1 aromatic heterocycles. The first-order chi connectivity index (χ1) is 9.67. The summed E-state index contributed by atoms with van der Waals surface area (Å²) < 4.78 is 0. The third-order valence-corrected chi connectivity index (χ3v) is 4.94. The Morgan fingerprint density at radius 2 is 2.10 bits per heavy atom. The maximum atomic E-state index is 11.0. The highest BCUT2D eigenvalue weighted by Gasteiger charge is 2.20. The first-order valence-corrected chi connectivity index (χ1v) is 7.68. The molecule has 0 radical (unpaired) electrons. The molecule has 0 unspecified atom stereocenters. The van der Waals surface area contributed by atoms with Crippen LogP contribution in [-0.4, -0.2) is 17.6 Å². The fourth-order valence-corrected chi connectivity index (χ4v) is 3.63. The summed E-state index contributed by atoms with van der Waals surface area (Å²) in [5.74, 6) is -0.850. The maximum Gasteiger partial charge on any atom is 0.335 e. The van der Waals surface area contributed by atoms with Gasteiger partial charge in [-0.1, -0.05) is 6.92 Å². The van der Waals surface area contributed by atoms with Gasteiger partial charge in [0, 0.05) is 22.0 Å². The summed E-state index contributed by atoms with van der Waals surface area (Å²) in [6.45, 7) is 4.07. The van der Waals surface area contributed by atoms with Crippen molar-refractivity contribution in [2.75, 3.05) is 11.4 Å². The van der Waals surface area contributed by atoms with Crippen LogP contribution >= 0.6 is 11.3 Å². The van der Waals surface area contributed by atoms with Gasteiger partial charge < -0.3 is 10.0 Å². The van der Waals surface area contributed by atoms with Crippen LogP contribution in [0.25, 0.3) is 0 Å². The predicted octanol–water partition coefficient (Wildman–Crippen LogP) is 3.57. The fourth-order valence-electron chi connectivity index (χ4n) is 2.65. The number of thiophene rings is 1. The highest BCUT2D eigenvalue weighted by atomic mass is 32.1. The lowest BCUT2D eigenvalue weighted by molar-refractivity contribution is 0.0697. The van der Waals surface area contributed by atoms with Crippen molar-refractivity contribution >= 4 is 23.0 Å². The summed E-state index contributed by atoms with van der Waals surface area (Å²) in [6.07, 6.45) is 2.02. The highest BCUT2D eigenvalue weighted by Crippen LogP contribution is 2.31. The van der Waals surface area contributed by atoms with Crippen molar-refractivity contribution in [1.29, 1.82) is 0 Å². The summed E-state index contributed by atoms with van der Waals surface area (Å²) in [6, 6.07) is 9.85. The quantitative estimate of drug-likeness (QED) is 0.934. The number of carboxylic acid groups (broad SMARTS) is 1. The molecule has 2 aromatic rings. The number of aromatic carboxylic acids is 1. The second kappa shape index (κ2) is 5.29. The summed E-state index contributed by atoms with van der Waals surface area (Å²) in [5.41, 5.74) is 2.72. The van der Waals surface area contributed by atoms with Crippen LogP contribution in [0.3, 0.4) is 0 Å². The van der Waals surface area contributed by atoms with E-state index in [1.165, 1.54) is 15.4 Å². The molecule has 0 atom stereocenters. The topological polar surface area (TPSA) is 40.5 Å². The monoisotopic (exact) mass is 287 g/mol. The largest absolute Gasteiger partial charge is 0.478 e. The molecule has 1 aliphatic rings. The number of hydrogen-bond acceptors (Lipinski definition) is 3. The molecule has 1 N–H and O–H groups in total. The molecule has 104 valence electrons. The second-order valence-corrected chi connectivity index (χ2v) is 6.29. The molecule has 0 spiro atoms. The molecule has 2 heterocycles. The van der Waals surface area contributed by atoms with E-state index in [-0.39, 0.29) is 0 Å². The smallest absolute Gasteiger partial charge is 0.335 e. The Morgan fingerprint density at radius 1 is 1.30 bits per heavy atom. The Labute approximate surface area is 122 Å². The number of carbonyl (C=O) groups is 1. The molecule has 0 bridgehead atoms. The third-order valence-electron chi connectivity index (χ3n) is 3.73. The third kappa shape index (κ3) is 2.43. The Balaban J connectivity index is 1.80. The van der Waals surface area contributed by atoms with Crippen molar-refractivity contribution in [3.63, 3.8) is 0 Å². The van der Waals surface area contributed by atoms with E-state index in [1.807, 2.05) is 23.5 Å². The van der Waals surface area contributed by atoms with Gasteiger partial charge in [-0.25, -0.2) is 4.79 Å². The molecule has 0 saturated heterocycles. The Morgan fingerprint density at radius 3 is 2.80 bits per heavy atom. The number of benzene rings is 1. The first kappa shape index (κ1) is 13.2. The van der Waals surface area contributed by atoms with Gasteiger partial charge in [-0.15, -0.1) is 11.3 Å². The molecule has 0 fully saturated rings. The minimum absolute atomic E-state index is 0.384. The summed E-state index contributed by atoms with van der Waals surface area (Å²) in [4.78, 5) is 16.1. The van der Waals surface area contributed by atoms with Crippen LogP contribution in [0, 0.1) is 0 Å². The van der Waals surface area contributed by atoms with Crippen LogP contribution in [-0.2, 0) is 19.4 Å². The van der Waals surface area contributed by atoms with E-state index in [2.05, 4.69) is 24.0 Å². The molecule has 20 heavy (non-hydrogen) atoms. The van der Waals surface area contributed by atoms with Gasteiger partial charge in [-0.2, -0.15) is 0 Å². The second-order valence-electron chi connectivity index (χ2n) is 5.04. The lowest BCUT2D eigenvalue weighted by Crippen LogP contribution is -2.18. The molecule has 1 aliphatic heterocycles. The van der Waals surface area contributed by atoms with Crippen LogP contribution < -0.4 is 4.90 Å². The molecular formula is C16H17NO2S. The molecule has 3 nitrogen and oxygen atoms in total. The van der Waals surface area contributed by atoms with Crippen molar-refractivity contribution in [2.24, 2.45) is 0 Å².